The van der Waals surface area contributed by atoms with E-state index < -0.39 is 0 Å². The summed E-state index contributed by atoms with van der Waals surface area (Å²) < 4.78 is 1.66. The van der Waals surface area contributed by atoms with E-state index in [1.807, 2.05) is 0 Å². The molecule has 0 unspecified atom stereocenters. The molecular weight excluding hydrogens is 374 g/mol. The molecule has 0 saturated heterocycles. The molecule has 138 valence electrons. The first-order chi connectivity index (χ1) is 12.6. The topological polar surface area (TPSA) is 84.2 Å². The maximum atomic E-state index is 12.3. The minimum Gasteiger partial charge on any atom is -0.396 e. The van der Waals surface area contributed by atoms with Crippen LogP contribution < -0.4 is 11.0 Å². The fourth-order valence-electron chi connectivity index (χ4n) is 3.05. The fourth-order valence-corrected chi connectivity index (χ4v) is 4.11. The Morgan fingerprint density at radius 3 is 2.92 bits per heavy atom. The van der Waals surface area contributed by atoms with Crippen LogP contribution in [0.25, 0.3) is 0 Å². The number of thioether (sulfide) groups is 1. The van der Waals surface area contributed by atoms with Gasteiger partial charge in [-0.3, -0.25) is 9.36 Å². The molecule has 1 aromatic heterocycles. The summed E-state index contributed by atoms with van der Waals surface area (Å²) >= 11 is 7.32. The van der Waals surface area contributed by atoms with Gasteiger partial charge in [-0.25, -0.2) is 4.79 Å². The summed E-state index contributed by atoms with van der Waals surface area (Å²) in [6.45, 7) is 0.516. The van der Waals surface area contributed by atoms with E-state index in [4.69, 9.17) is 16.7 Å². The summed E-state index contributed by atoms with van der Waals surface area (Å²) in [5.74, 6) is -0.0359. The number of anilines is 1. The summed E-state index contributed by atoms with van der Waals surface area (Å²) in [6.07, 6.45) is 3.19. The summed E-state index contributed by atoms with van der Waals surface area (Å²) in [6, 6.07) is 7.05. The van der Waals surface area contributed by atoms with Gasteiger partial charge >= 0.3 is 5.69 Å². The molecule has 0 spiro atoms. The second-order valence-corrected chi connectivity index (χ2v) is 7.40. The second kappa shape index (κ2) is 8.70. The maximum Gasteiger partial charge on any atom is 0.348 e. The number of aliphatic hydroxyl groups is 1. The van der Waals surface area contributed by atoms with Gasteiger partial charge in [0.05, 0.1) is 16.5 Å². The molecule has 0 atom stereocenters. The summed E-state index contributed by atoms with van der Waals surface area (Å²) in [4.78, 5) is 28.7. The van der Waals surface area contributed by atoms with E-state index in [1.54, 1.807) is 28.8 Å². The first kappa shape index (κ1) is 18.9. The van der Waals surface area contributed by atoms with E-state index >= 15 is 0 Å². The average molecular weight is 394 g/mol. The number of amides is 1. The third kappa shape index (κ3) is 4.28. The lowest BCUT2D eigenvalue weighted by atomic mass is 10.2. The zero-order valence-electron chi connectivity index (χ0n) is 14.2. The van der Waals surface area contributed by atoms with Gasteiger partial charge in [0, 0.05) is 24.4 Å². The molecule has 2 N–H and O–H groups in total. The molecule has 0 bridgehead atoms. The number of nitrogens with one attached hydrogen (secondary N) is 1. The number of aliphatic hydroxyl groups excluding tert-OH is 1. The number of hydrogen-bond acceptors (Lipinski definition) is 5. The molecule has 2 aromatic rings. The maximum absolute atomic E-state index is 12.3. The number of nitrogens with zero attached hydrogens (tertiary/aromatic N) is 2. The Kier molecular flexibility index (Phi) is 6.34. The molecule has 1 amide bonds. The minimum atomic E-state index is -0.312. The van der Waals surface area contributed by atoms with Crippen molar-refractivity contribution in [3.63, 3.8) is 0 Å². The Morgan fingerprint density at radius 1 is 1.35 bits per heavy atom. The number of aromatic nitrogens is 2. The van der Waals surface area contributed by atoms with E-state index in [-0.39, 0.29) is 24.0 Å². The molecule has 3 rings (SSSR count). The first-order valence-corrected chi connectivity index (χ1v) is 9.87. The van der Waals surface area contributed by atoms with E-state index in [2.05, 4.69) is 10.3 Å². The number of fused-ring (bicyclic) bond motifs is 1. The van der Waals surface area contributed by atoms with Gasteiger partial charge in [0.25, 0.3) is 0 Å². The average Bonchev–Trinajstić information content (AvgIpc) is 3.11. The smallest absolute Gasteiger partial charge is 0.348 e. The third-order valence-corrected chi connectivity index (χ3v) is 5.58. The van der Waals surface area contributed by atoms with E-state index in [0.29, 0.717) is 28.7 Å². The summed E-state index contributed by atoms with van der Waals surface area (Å²) in [5.41, 5.74) is 2.30. The Morgan fingerprint density at radius 2 is 2.15 bits per heavy atom. The van der Waals surface area contributed by atoms with Gasteiger partial charge in [0.15, 0.2) is 0 Å². The Hall–Kier alpha value is -1.83. The van der Waals surface area contributed by atoms with Crippen LogP contribution in [0.15, 0.2) is 34.1 Å². The van der Waals surface area contributed by atoms with Crippen LogP contribution in [-0.2, 0) is 24.2 Å². The number of halogens is 1. The van der Waals surface area contributed by atoms with Crippen LogP contribution in [0.3, 0.4) is 0 Å². The second-order valence-electron chi connectivity index (χ2n) is 6.02. The van der Waals surface area contributed by atoms with Gasteiger partial charge in [-0.15, -0.1) is 0 Å². The molecule has 6 nitrogen and oxygen atoms in total. The van der Waals surface area contributed by atoms with Crippen LogP contribution in [0, 0.1) is 0 Å². The molecule has 1 heterocycles. The fraction of sp³-hybridized carbons (Fsp3) is 0.389. The van der Waals surface area contributed by atoms with Crippen LogP contribution >= 0.6 is 23.4 Å². The van der Waals surface area contributed by atoms with Crippen LogP contribution in [0.1, 0.15) is 24.1 Å². The highest BCUT2D eigenvalue weighted by Crippen LogP contribution is 2.29. The van der Waals surface area contributed by atoms with Crippen LogP contribution in [0.5, 0.6) is 0 Å². The van der Waals surface area contributed by atoms with Crippen molar-refractivity contribution in [3.05, 3.63) is 51.0 Å². The van der Waals surface area contributed by atoms with Crippen molar-refractivity contribution in [2.24, 2.45) is 0 Å². The van der Waals surface area contributed by atoms with Crippen LogP contribution in [0.2, 0.25) is 5.02 Å². The molecule has 26 heavy (non-hydrogen) atoms. The number of carbonyl (C=O) groups excluding carboxylic acids is 1. The van der Waals surface area contributed by atoms with Crippen molar-refractivity contribution in [3.8, 4) is 0 Å². The summed E-state index contributed by atoms with van der Waals surface area (Å²) in [5, 5.41) is 12.9. The molecule has 1 aliphatic rings. The van der Waals surface area contributed by atoms with Crippen molar-refractivity contribution in [1.82, 2.24) is 9.55 Å². The van der Waals surface area contributed by atoms with Crippen molar-refractivity contribution in [2.75, 3.05) is 17.7 Å². The molecule has 1 aliphatic carbocycles. The van der Waals surface area contributed by atoms with Gasteiger partial charge in [-0.1, -0.05) is 35.5 Å². The SMILES string of the molecule is O=C(CSc1nc(=O)n(CCCO)c2c1CCC2)Nc1ccccc1Cl. The molecule has 0 radical (unpaired) electrons. The van der Waals surface area contributed by atoms with Crippen molar-refractivity contribution >= 4 is 35.0 Å². The predicted molar refractivity (Wildman–Crippen MR) is 103 cm³/mol. The number of para-hydroxylation sites is 1. The standard InChI is InChI=1S/C18H20ClN3O3S/c19-13-6-1-2-7-14(13)20-16(24)11-26-17-12-5-3-8-15(12)22(9-4-10-23)18(25)21-17/h1-2,6-7,23H,3-5,8-11H2,(H,20,24). The third-order valence-electron chi connectivity index (χ3n) is 4.23. The molecule has 1 aromatic carbocycles. The zero-order chi connectivity index (χ0) is 18.5. The first-order valence-electron chi connectivity index (χ1n) is 8.50. The summed E-state index contributed by atoms with van der Waals surface area (Å²) in [7, 11) is 0. The Bertz CT molecular complexity index is 869. The largest absolute Gasteiger partial charge is 0.396 e. The highest BCUT2D eigenvalue weighted by Gasteiger charge is 2.22. The molecule has 8 heteroatoms. The van der Waals surface area contributed by atoms with Gasteiger partial charge in [-0.2, -0.15) is 4.98 Å². The van der Waals surface area contributed by atoms with Crippen molar-refractivity contribution in [2.45, 2.75) is 37.3 Å². The highest BCUT2D eigenvalue weighted by molar-refractivity contribution is 8.00. The quantitative estimate of drug-likeness (QED) is 0.557. The lowest BCUT2D eigenvalue weighted by Gasteiger charge is -2.13. The van der Waals surface area contributed by atoms with Crippen LogP contribution in [0.4, 0.5) is 5.69 Å². The van der Waals surface area contributed by atoms with E-state index in [9.17, 15) is 9.59 Å². The predicted octanol–water partition coefficient (Wildman–Crippen LogP) is 2.50. The molecular formula is C18H20ClN3O3S. The molecule has 0 aliphatic heterocycles. The normalized spacial score (nSPS) is 12.8. The minimum absolute atomic E-state index is 0.0416. The lowest BCUT2D eigenvalue weighted by molar-refractivity contribution is -0.113. The molecule has 0 saturated carbocycles. The number of carbonyl (C=O) groups is 1. The van der Waals surface area contributed by atoms with Gasteiger partial charge in [0.2, 0.25) is 5.91 Å². The number of hydrogen-bond donors (Lipinski definition) is 2. The van der Waals surface area contributed by atoms with Crippen molar-refractivity contribution < 1.29 is 9.90 Å². The van der Waals surface area contributed by atoms with Gasteiger partial charge in [-0.05, 0) is 37.8 Å². The number of rotatable bonds is 7. The Balaban J connectivity index is 1.71. The number of benzene rings is 1. The van der Waals surface area contributed by atoms with E-state index in [1.165, 1.54) is 11.8 Å². The molecule has 0 fully saturated rings. The zero-order valence-corrected chi connectivity index (χ0v) is 15.8. The van der Waals surface area contributed by atoms with Crippen molar-refractivity contribution in [1.29, 1.82) is 0 Å². The van der Waals surface area contributed by atoms with E-state index in [0.717, 1.165) is 30.5 Å². The monoisotopic (exact) mass is 393 g/mol. The van der Waals surface area contributed by atoms with Gasteiger partial charge < -0.3 is 10.4 Å². The van der Waals surface area contributed by atoms with Gasteiger partial charge in [0.1, 0.15) is 5.03 Å². The Labute approximate surface area is 160 Å². The lowest BCUT2D eigenvalue weighted by Crippen LogP contribution is -2.28. The highest BCUT2D eigenvalue weighted by atomic mass is 35.5. The van der Waals surface area contributed by atoms with Crippen LogP contribution in [-0.4, -0.2) is 32.9 Å².